The number of anilines is 1. The van der Waals surface area contributed by atoms with Crippen LogP contribution in [0.4, 0.5) is 10.1 Å². The highest BCUT2D eigenvalue weighted by Crippen LogP contribution is 2.22. The summed E-state index contributed by atoms with van der Waals surface area (Å²) in [5.74, 6) is 0.435. The molecule has 0 unspecified atom stereocenters. The molecule has 1 N–H and O–H groups in total. The molecule has 17 heavy (non-hydrogen) atoms. The largest absolute Gasteiger partial charge is 0.382 e. The van der Waals surface area contributed by atoms with Gasteiger partial charge in [-0.05, 0) is 46.5 Å². The summed E-state index contributed by atoms with van der Waals surface area (Å²) in [6.07, 6.45) is 1.08. The van der Waals surface area contributed by atoms with Crippen molar-refractivity contribution in [1.29, 1.82) is 0 Å². The van der Waals surface area contributed by atoms with E-state index in [1.807, 2.05) is 0 Å². The van der Waals surface area contributed by atoms with E-state index in [-0.39, 0.29) is 5.82 Å². The lowest BCUT2D eigenvalue weighted by Crippen LogP contribution is -2.11. The monoisotopic (exact) mass is 303 g/mol. The maximum atomic E-state index is 12.8. The number of benzene rings is 1. The van der Waals surface area contributed by atoms with Crippen LogP contribution in [-0.2, 0) is 4.74 Å². The van der Waals surface area contributed by atoms with Crippen molar-refractivity contribution in [2.75, 3.05) is 25.1 Å². The van der Waals surface area contributed by atoms with Crippen molar-refractivity contribution >= 4 is 21.6 Å². The molecule has 1 rings (SSSR count). The predicted octanol–water partition coefficient (Wildman–Crippen LogP) is 4.06. The zero-order valence-electron chi connectivity index (χ0n) is 10.3. The summed E-state index contributed by atoms with van der Waals surface area (Å²) >= 11 is 3.31. The number of nitrogens with one attached hydrogen (secondary N) is 1. The second-order valence-corrected chi connectivity index (χ2v) is 5.20. The van der Waals surface area contributed by atoms with Crippen LogP contribution < -0.4 is 5.32 Å². The molecule has 4 heteroatoms. The van der Waals surface area contributed by atoms with Crippen molar-refractivity contribution in [3.63, 3.8) is 0 Å². The summed E-state index contributed by atoms with van der Waals surface area (Å²) in [6.45, 7) is 6.54. The number of halogens is 2. The Morgan fingerprint density at radius 1 is 1.35 bits per heavy atom. The van der Waals surface area contributed by atoms with E-state index in [0.29, 0.717) is 12.5 Å². The van der Waals surface area contributed by atoms with Gasteiger partial charge >= 0.3 is 0 Å². The highest BCUT2D eigenvalue weighted by Gasteiger charge is 2.00. The molecular formula is C13H19BrFNO. The van der Waals surface area contributed by atoms with E-state index in [1.165, 1.54) is 12.1 Å². The summed E-state index contributed by atoms with van der Waals surface area (Å²) in [5, 5.41) is 3.19. The molecule has 0 aliphatic carbocycles. The Hall–Kier alpha value is -0.610. The van der Waals surface area contributed by atoms with Crippen molar-refractivity contribution in [1.82, 2.24) is 0 Å². The van der Waals surface area contributed by atoms with Gasteiger partial charge in [-0.25, -0.2) is 4.39 Å². The zero-order valence-corrected chi connectivity index (χ0v) is 11.9. The van der Waals surface area contributed by atoms with Gasteiger partial charge in [0.15, 0.2) is 0 Å². The van der Waals surface area contributed by atoms with Gasteiger partial charge < -0.3 is 10.1 Å². The molecule has 1 aromatic rings. The van der Waals surface area contributed by atoms with Crippen LogP contribution in [-0.4, -0.2) is 19.8 Å². The Morgan fingerprint density at radius 2 is 2.12 bits per heavy atom. The minimum atomic E-state index is -0.240. The maximum Gasteiger partial charge on any atom is 0.124 e. The van der Waals surface area contributed by atoms with E-state index >= 15 is 0 Å². The van der Waals surface area contributed by atoms with Crippen LogP contribution in [0.25, 0.3) is 0 Å². The van der Waals surface area contributed by atoms with Crippen LogP contribution in [0, 0.1) is 11.7 Å². The van der Waals surface area contributed by atoms with Crippen molar-refractivity contribution in [3.8, 4) is 0 Å². The van der Waals surface area contributed by atoms with Crippen molar-refractivity contribution < 1.29 is 9.13 Å². The summed E-state index contributed by atoms with van der Waals surface area (Å²) < 4.78 is 19.0. The fraction of sp³-hybridized carbons (Fsp3) is 0.538. The molecule has 0 fully saturated rings. The number of hydrogen-bond acceptors (Lipinski definition) is 2. The summed E-state index contributed by atoms with van der Waals surface area (Å²) in [5.41, 5.74) is 0.888. The topological polar surface area (TPSA) is 21.3 Å². The van der Waals surface area contributed by atoms with E-state index < -0.39 is 0 Å². The third-order valence-electron chi connectivity index (χ3n) is 2.33. The molecule has 2 nitrogen and oxygen atoms in total. The van der Waals surface area contributed by atoms with Gasteiger partial charge in [-0.15, -0.1) is 0 Å². The van der Waals surface area contributed by atoms with Crippen LogP contribution in [0.1, 0.15) is 20.3 Å². The van der Waals surface area contributed by atoms with E-state index in [1.54, 1.807) is 6.07 Å². The molecule has 0 atom stereocenters. The molecule has 0 saturated heterocycles. The molecule has 96 valence electrons. The van der Waals surface area contributed by atoms with Gasteiger partial charge in [0, 0.05) is 23.3 Å². The highest BCUT2D eigenvalue weighted by atomic mass is 79.9. The molecule has 0 heterocycles. The standard InChI is InChI=1S/C13H19BrFNO/c1-10(2)5-7-17-8-6-16-13-4-3-11(15)9-12(13)14/h3-4,9-10,16H,5-8H2,1-2H3. The molecule has 0 aliphatic heterocycles. The second-order valence-electron chi connectivity index (χ2n) is 4.35. The summed E-state index contributed by atoms with van der Waals surface area (Å²) in [4.78, 5) is 0. The van der Waals surface area contributed by atoms with Gasteiger partial charge in [-0.1, -0.05) is 13.8 Å². The molecule has 0 saturated carbocycles. The molecule has 0 bridgehead atoms. The Morgan fingerprint density at radius 3 is 2.76 bits per heavy atom. The molecule has 1 aromatic carbocycles. The number of rotatable bonds is 7. The van der Waals surface area contributed by atoms with Gasteiger partial charge in [0.2, 0.25) is 0 Å². The minimum absolute atomic E-state index is 0.240. The molecular weight excluding hydrogens is 285 g/mol. The maximum absolute atomic E-state index is 12.8. The molecule has 0 aliphatic rings. The van der Waals surface area contributed by atoms with Crippen LogP contribution in [0.15, 0.2) is 22.7 Å². The average Bonchev–Trinajstić information content (AvgIpc) is 2.25. The molecule has 0 amide bonds. The van der Waals surface area contributed by atoms with E-state index in [9.17, 15) is 4.39 Å². The lowest BCUT2D eigenvalue weighted by atomic mass is 10.1. The lowest BCUT2D eigenvalue weighted by Gasteiger charge is -2.10. The van der Waals surface area contributed by atoms with Crippen molar-refractivity contribution in [2.45, 2.75) is 20.3 Å². The Bertz CT molecular complexity index is 344. The molecule has 0 radical (unpaired) electrons. The zero-order chi connectivity index (χ0) is 12.7. The Labute approximate surface area is 111 Å². The van der Waals surface area contributed by atoms with E-state index in [2.05, 4.69) is 35.1 Å². The lowest BCUT2D eigenvalue weighted by molar-refractivity contribution is 0.132. The Balaban J connectivity index is 2.18. The second kappa shape index (κ2) is 7.67. The van der Waals surface area contributed by atoms with Crippen LogP contribution in [0.5, 0.6) is 0 Å². The van der Waals surface area contributed by atoms with Crippen LogP contribution in [0.3, 0.4) is 0 Å². The van der Waals surface area contributed by atoms with Gasteiger partial charge in [0.1, 0.15) is 5.82 Å². The van der Waals surface area contributed by atoms with E-state index in [0.717, 1.165) is 29.7 Å². The Kier molecular flexibility index (Phi) is 6.52. The van der Waals surface area contributed by atoms with Crippen LogP contribution >= 0.6 is 15.9 Å². The smallest absolute Gasteiger partial charge is 0.124 e. The number of hydrogen-bond donors (Lipinski definition) is 1. The summed E-state index contributed by atoms with van der Waals surface area (Å²) in [6, 6.07) is 4.60. The highest BCUT2D eigenvalue weighted by molar-refractivity contribution is 9.10. The van der Waals surface area contributed by atoms with Crippen molar-refractivity contribution in [3.05, 3.63) is 28.5 Å². The fourth-order valence-electron chi connectivity index (χ4n) is 1.31. The third kappa shape index (κ3) is 6.03. The molecule has 0 spiro atoms. The average molecular weight is 304 g/mol. The first-order valence-electron chi connectivity index (χ1n) is 5.86. The SMILES string of the molecule is CC(C)CCOCCNc1ccc(F)cc1Br. The van der Waals surface area contributed by atoms with Crippen molar-refractivity contribution in [2.24, 2.45) is 5.92 Å². The fourth-order valence-corrected chi connectivity index (χ4v) is 1.80. The van der Waals surface area contributed by atoms with Crippen LogP contribution in [0.2, 0.25) is 0 Å². The number of ether oxygens (including phenoxy) is 1. The first-order chi connectivity index (χ1) is 8.09. The minimum Gasteiger partial charge on any atom is -0.382 e. The predicted molar refractivity (Wildman–Crippen MR) is 72.9 cm³/mol. The first kappa shape index (κ1) is 14.5. The normalized spacial score (nSPS) is 10.9. The quantitative estimate of drug-likeness (QED) is 0.767. The molecule has 0 aromatic heterocycles. The van der Waals surface area contributed by atoms with E-state index in [4.69, 9.17) is 4.74 Å². The van der Waals surface area contributed by atoms with Gasteiger partial charge in [0.25, 0.3) is 0 Å². The summed E-state index contributed by atoms with van der Waals surface area (Å²) in [7, 11) is 0. The van der Waals surface area contributed by atoms with Gasteiger partial charge in [-0.3, -0.25) is 0 Å². The van der Waals surface area contributed by atoms with Gasteiger partial charge in [-0.2, -0.15) is 0 Å². The van der Waals surface area contributed by atoms with Gasteiger partial charge in [0.05, 0.1) is 6.61 Å². The third-order valence-corrected chi connectivity index (χ3v) is 2.99. The first-order valence-corrected chi connectivity index (χ1v) is 6.65.